The second kappa shape index (κ2) is 7.25. The fourth-order valence-electron chi connectivity index (χ4n) is 3.50. The number of furan rings is 1. The number of hydrogen-bond donors (Lipinski definition) is 1. The van der Waals surface area contributed by atoms with Crippen LogP contribution in [0.2, 0.25) is 0 Å². The highest BCUT2D eigenvalue weighted by Gasteiger charge is 2.16. The van der Waals surface area contributed by atoms with Crippen molar-refractivity contribution in [3.8, 4) is 17.3 Å². The van der Waals surface area contributed by atoms with E-state index in [2.05, 4.69) is 38.7 Å². The number of aliphatic hydroxyl groups excluding tert-OH is 1. The van der Waals surface area contributed by atoms with Gasteiger partial charge in [-0.25, -0.2) is 4.98 Å². The zero-order chi connectivity index (χ0) is 17.1. The molecule has 0 radical (unpaired) electrons. The minimum Gasteiger partial charge on any atom is -0.455 e. The van der Waals surface area contributed by atoms with Gasteiger partial charge in [0.2, 0.25) is 0 Å². The van der Waals surface area contributed by atoms with Gasteiger partial charge in [0, 0.05) is 18.9 Å². The molecular weight excluding hydrogens is 314 g/mol. The van der Waals surface area contributed by atoms with Gasteiger partial charge in [0.1, 0.15) is 12.4 Å². The lowest BCUT2D eigenvalue weighted by molar-refractivity contribution is 0.221. The van der Waals surface area contributed by atoms with Gasteiger partial charge >= 0.3 is 0 Å². The lowest BCUT2D eigenvalue weighted by Crippen LogP contribution is -2.29. The van der Waals surface area contributed by atoms with Gasteiger partial charge in [-0.05, 0) is 49.7 Å². The average molecular weight is 337 g/mol. The van der Waals surface area contributed by atoms with Crippen molar-refractivity contribution in [1.82, 2.24) is 14.5 Å². The number of piperidine rings is 1. The lowest BCUT2D eigenvalue weighted by atomic mass is 10.1. The van der Waals surface area contributed by atoms with Crippen LogP contribution in [0.1, 0.15) is 30.6 Å². The molecule has 3 heterocycles. The molecule has 0 spiro atoms. The predicted molar refractivity (Wildman–Crippen MR) is 96.3 cm³/mol. The minimum absolute atomic E-state index is 0.105. The maximum absolute atomic E-state index is 9.23. The summed E-state index contributed by atoms with van der Waals surface area (Å²) < 4.78 is 7.75. The van der Waals surface area contributed by atoms with Crippen LogP contribution >= 0.6 is 0 Å². The monoisotopic (exact) mass is 337 g/mol. The van der Waals surface area contributed by atoms with Gasteiger partial charge in [-0.3, -0.25) is 9.47 Å². The third-order valence-corrected chi connectivity index (χ3v) is 4.77. The first-order valence-corrected chi connectivity index (χ1v) is 8.89. The molecule has 4 rings (SSSR count). The van der Waals surface area contributed by atoms with Crippen LogP contribution in [-0.4, -0.2) is 32.6 Å². The highest BCUT2D eigenvalue weighted by Crippen LogP contribution is 2.26. The summed E-state index contributed by atoms with van der Waals surface area (Å²) in [7, 11) is 0. The Balaban J connectivity index is 1.67. The summed E-state index contributed by atoms with van der Waals surface area (Å²) in [6.45, 7) is 3.19. The molecule has 1 fully saturated rings. The van der Waals surface area contributed by atoms with E-state index in [0.29, 0.717) is 11.5 Å². The number of hydrogen-bond acceptors (Lipinski definition) is 4. The molecule has 1 aliphatic heterocycles. The third-order valence-electron chi connectivity index (χ3n) is 4.77. The zero-order valence-electron chi connectivity index (χ0n) is 14.3. The molecule has 0 amide bonds. The molecule has 1 saturated heterocycles. The first-order chi connectivity index (χ1) is 12.3. The summed E-state index contributed by atoms with van der Waals surface area (Å²) in [5.74, 6) is 1.97. The molecule has 0 bridgehead atoms. The molecule has 0 atom stereocenters. The Hall–Kier alpha value is -2.37. The van der Waals surface area contributed by atoms with Crippen molar-refractivity contribution < 1.29 is 9.52 Å². The van der Waals surface area contributed by atoms with Crippen LogP contribution in [0.4, 0.5) is 0 Å². The molecule has 5 nitrogen and oxygen atoms in total. The molecule has 3 aromatic rings. The van der Waals surface area contributed by atoms with Gasteiger partial charge in [-0.1, -0.05) is 24.6 Å². The number of nitrogens with zero attached hydrogens (tertiary/aromatic N) is 3. The Morgan fingerprint density at radius 2 is 1.88 bits per heavy atom. The first-order valence-electron chi connectivity index (χ1n) is 8.89. The van der Waals surface area contributed by atoms with E-state index in [1.807, 2.05) is 12.3 Å². The molecular formula is C20H23N3O2. The number of imidazole rings is 1. The van der Waals surface area contributed by atoms with Crippen molar-refractivity contribution in [2.45, 2.75) is 32.4 Å². The SMILES string of the molecule is OCc1ccc(-c2nccn2-c2ccccc2CN2CCCCC2)o1. The first kappa shape index (κ1) is 16.1. The van der Waals surface area contributed by atoms with E-state index in [1.165, 1.54) is 37.9 Å². The second-order valence-electron chi connectivity index (χ2n) is 6.51. The lowest BCUT2D eigenvalue weighted by Gasteiger charge is -2.27. The van der Waals surface area contributed by atoms with Crippen LogP contribution < -0.4 is 0 Å². The summed E-state index contributed by atoms with van der Waals surface area (Å²) in [5.41, 5.74) is 2.42. The van der Waals surface area contributed by atoms with Gasteiger partial charge in [0.25, 0.3) is 0 Å². The number of para-hydroxylation sites is 1. The van der Waals surface area contributed by atoms with Crippen molar-refractivity contribution in [1.29, 1.82) is 0 Å². The molecule has 1 aliphatic rings. The van der Waals surface area contributed by atoms with E-state index in [9.17, 15) is 5.11 Å². The molecule has 1 N–H and O–H groups in total. The smallest absolute Gasteiger partial charge is 0.180 e. The number of aromatic nitrogens is 2. The summed E-state index contributed by atoms with van der Waals surface area (Å²) in [6.07, 6.45) is 7.67. The largest absolute Gasteiger partial charge is 0.455 e. The Morgan fingerprint density at radius 3 is 2.68 bits per heavy atom. The zero-order valence-corrected chi connectivity index (χ0v) is 14.3. The van der Waals surface area contributed by atoms with Gasteiger partial charge < -0.3 is 9.52 Å². The molecule has 0 saturated carbocycles. The standard InChI is InChI=1S/C20H23N3O2/c24-15-17-8-9-19(25-17)20-21-10-13-23(20)18-7-3-2-6-16(18)14-22-11-4-1-5-12-22/h2-3,6-10,13,24H,1,4-5,11-12,14-15H2. The van der Waals surface area contributed by atoms with Crippen LogP contribution in [-0.2, 0) is 13.2 Å². The number of benzene rings is 1. The number of aliphatic hydroxyl groups is 1. The Bertz CT molecular complexity index is 831. The van der Waals surface area contributed by atoms with Gasteiger partial charge in [-0.2, -0.15) is 0 Å². The van der Waals surface area contributed by atoms with Crippen molar-refractivity contribution in [2.24, 2.45) is 0 Å². The van der Waals surface area contributed by atoms with Crippen LogP contribution in [0.25, 0.3) is 17.3 Å². The molecule has 1 aromatic carbocycles. The predicted octanol–water partition coefficient (Wildman–Crippen LogP) is 3.61. The number of rotatable bonds is 5. The Kier molecular flexibility index (Phi) is 4.68. The third kappa shape index (κ3) is 3.38. The van der Waals surface area contributed by atoms with E-state index >= 15 is 0 Å². The highest BCUT2D eigenvalue weighted by molar-refractivity contribution is 5.54. The molecule has 5 heteroatoms. The van der Waals surface area contributed by atoms with E-state index in [4.69, 9.17) is 4.42 Å². The topological polar surface area (TPSA) is 54.4 Å². The van der Waals surface area contributed by atoms with Gasteiger partial charge in [0.05, 0.1) is 5.69 Å². The Morgan fingerprint density at radius 1 is 1.04 bits per heavy atom. The van der Waals surface area contributed by atoms with Crippen molar-refractivity contribution in [3.05, 3.63) is 60.1 Å². The van der Waals surface area contributed by atoms with Crippen LogP contribution in [0, 0.1) is 0 Å². The average Bonchev–Trinajstić information content (AvgIpc) is 3.32. The Labute approximate surface area is 147 Å². The second-order valence-corrected chi connectivity index (χ2v) is 6.51. The number of likely N-dealkylation sites (tertiary alicyclic amines) is 1. The van der Waals surface area contributed by atoms with Crippen molar-refractivity contribution >= 4 is 0 Å². The van der Waals surface area contributed by atoms with Crippen LogP contribution in [0.3, 0.4) is 0 Å². The molecule has 0 aliphatic carbocycles. The van der Waals surface area contributed by atoms with E-state index in [1.54, 1.807) is 12.3 Å². The van der Waals surface area contributed by atoms with Crippen molar-refractivity contribution in [2.75, 3.05) is 13.1 Å². The van der Waals surface area contributed by atoms with Gasteiger partial charge in [-0.15, -0.1) is 0 Å². The fourth-order valence-corrected chi connectivity index (χ4v) is 3.50. The summed E-state index contributed by atoms with van der Waals surface area (Å²) in [6, 6.07) is 12.1. The van der Waals surface area contributed by atoms with E-state index in [0.717, 1.165) is 18.1 Å². The van der Waals surface area contributed by atoms with Crippen LogP contribution in [0.15, 0.2) is 53.2 Å². The quantitative estimate of drug-likeness (QED) is 0.773. The highest BCUT2D eigenvalue weighted by atomic mass is 16.4. The molecule has 2 aromatic heterocycles. The molecule has 130 valence electrons. The maximum Gasteiger partial charge on any atom is 0.180 e. The van der Waals surface area contributed by atoms with Crippen molar-refractivity contribution in [3.63, 3.8) is 0 Å². The van der Waals surface area contributed by atoms with Gasteiger partial charge in [0.15, 0.2) is 11.6 Å². The van der Waals surface area contributed by atoms with Crippen LogP contribution in [0.5, 0.6) is 0 Å². The maximum atomic E-state index is 9.23. The summed E-state index contributed by atoms with van der Waals surface area (Å²) in [4.78, 5) is 7.00. The minimum atomic E-state index is -0.105. The normalized spacial score (nSPS) is 15.6. The van der Waals surface area contributed by atoms with E-state index < -0.39 is 0 Å². The van der Waals surface area contributed by atoms with E-state index in [-0.39, 0.29) is 6.61 Å². The molecule has 25 heavy (non-hydrogen) atoms. The fraction of sp³-hybridized carbons (Fsp3) is 0.350. The summed E-state index contributed by atoms with van der Waals surface area (Å²) >= 11 is 0. The molecule has 0 unspecified atom stereocenters. The summed E-state index contributed by atoms with van der Waals surface area (Å²) in [5, 5.41) is 9.23.